The van der Waals surface area contributed by atoms with Crippen LogP contribution in [0.2, 0.25) is 0 Å². The van der Waals surface area contributed by atoms with Crippen molar-refractivity contribution < 1.29 is 33.7 Å². The maximum Gasteiger partial charge on any atom is 0.390 e. The Morgan fingerprint density at radius 1 is 0.622 bits per heavy atom. The zero-order valence-electron chi connectivity index (χ0n) is 22.0. The number of unbranched alkanes of at least 4 members (excludes halogenated alkanes) is 8. The van der Waals surface area contributed by atoms with Gasteiger partial charge in [-0.15, -0.1) is 0 Å². The lowest BCUT2D eigenvalue weighted by atomic mass is 10.0. The van der Waals surface area contributed by atoms with Crippen LogP contribution in [0.25, 0.3) is 0 Å². The molecule has 7 heteroatoms. The highest BCUT2D eigenvalue weighted by Gasteiger charge is 2.22. The molecule has 0 aliphatic rings. The summed E-state index contributed by atoms with van der Waals surface area (Å²) in [5.41, 5.74) is 0.352. The van der Waals surface area contributed by atoms with Gasteiger partial charge in [-0.05, 0) is 43.2 Å². The van der Waals surface area contributed by atoms with E-state index < -0.39 is 17.9 Å². The normalized spacial score (nSPS) is 10.5. The molecular formula is C30H38O7. The Morgan fingerprint density at radius 3 is 1.86 bits per heavy atom. The molecule has 2 rings (SSSR count). The smallest absolute Gasteiger partial charge is 0.390 e. The van der Waals surface area contributed by atoms with Crippen molar-refractivity contribution in [1.29, 1.82) is 0 Å². The number of carbonyl (C=O) groups is 4. The Balaban J connectivity index is 2.09. The Hall–Kier alpha value is -3.48. The first-order chi connectivity index (χ1) is 18.0. The molecule has 37 heavy (non-hydrogen) atoms. The second-order valence-electron chi connectivity index (χ2n) is 9.04. The molecule has 0 radical (unpaired) electrons. The van der Waals surface area contributed by atoms with Crippen LogP contribution in [0.1, 0.15) is 122 Å². The molecule has 0 spiro atoms. The zero-order valence-corrected chi connectivity index (χ0v) is 22.0. The SMILES string of the molecule is CCCCCCCC(=O)Oc1ccc(C(=O)CCCCCCC)cc1C(=O)OOC(=O)c1ccccc1. The number of hydrogen-bond acceptors (Lipinski definition) is 7. The first kappa shape index (κ1) is 29.7. The summed E-state index contributed by atoms with van der Waals surface area (Å²) in [6.45, 7) is 4.25. The van der Waals surface area contributed by atoms with Gasteiger partial charge in [0.05, 0.1) is 5.56 Å². The molecule has 0 amide bonds. The van der Waals surface area contributed by atoms with E-state index in [0.717, 1.165) is 57.8 Å². The number of carbonyl (C=O) groups excluding carboxylic acids is 4. The third kappa shape index (κ3) is 11.0. The fraction of sp³-hybridized carbons (Fsp3) is 0.467. The Morgan fingerprint density at radius 2 is 1.22 bits per heavy atom. The molecule has 0 N–H and O–H groups in total. The second kappa shape index (κ2) is 17.1. The van der Waals surface area contributed by atoms with Gasteiger partial charge in [0, 0.05) is 18.4 Å². The van der Waals surface area contributed by atoms with E-state index in [1.165, 1.54) is 30.3 Å². The predicted octanol–water partition coefficient (Wildman–Crippen LogP) is 7.42. The van der Waals surface area contributed by atoms with Gasteiger partial charge in [-0.3, -0.25) is 9.59 Å². The molecular weight excluding hydrogens is 472 g/mol. The molecule has 0 saturated heterocycles. The van der Waals surface area contributed by atoms with Crippen molar-refractivity contribution in [3.05, 3.63) is 65.2 Å². The molecule has 0 aromatic heterocycles. The molecule has 0 saturated carbocycles. The quantitative estimate of drug-likeness (QED) is 0.0579. The van der Waals surface area contributed by atoms with E-state index in [9.17, 15) is 19.2 Å². The van der Waals surface area contributed by atoms with Crippen molar-refractivity contribution in [3.63, 3.8) is 0 Å². The minimum absolute atomic E-state index is 0.0428. The number of esters is 1. The summed E-state index contributed by atoms with van der Waals surface area (Å²) < 4.78 is 5.43. The predicted molar refractivity (Wildman–Crippen MR) is 140 cm³/mol. The van der Waals surface area contributed by atoms with Gasteiger partial charge in [0.15, 0.2) is 5.78 Å². The lowest BCUT2D eigenvalue weighted by Gasteiger charge is -2.11. The molecule has 2 aromatic carbocycles. The third-order valence-electron chi connectivity index (χ3n) is 5.94. The van der Waals surface area contributed by atoms with Crippen LogP contribution in [0.4, 0.5) is 0 Å². The molecule has 7 nitrogen and oxygen atoms in total. The zero-order chi connectivity index (χ0) is 26.9. The summed E-state index contributed by atoms with van der Waals surface area (Å²) in [5.74, 6) is -2.53. The average Bonchev–Trinajstić information content (AvgIpc) is 2.91. The summed E-state index contributed by atoms with van der Waals surface area (Å²) in [6.07, 6.45) is 10.4. The number of Topliss-reactive ketones (excluding diaryl/α,β-unsaturated/α-hetero) is 1. The van der Waals surface area contributed by atoms with E-state index in [4.69, 9.17) is 14.5 Å². The van der Waals surface area contributed by atoms with Crippen LogP contribution in [0, 0.1) is 0 Å². The van der Waals surface area contributed by atoms with Gasteiger partial charge in [-0.25, -0.2) is 19.4 Å². The summed E-state index contributed by atoms with van der Waals surface area (Å²) >= 11 is 0. The summed E-state index contributed by atoms with van der Waals surface area (Å²) in [7, 11) is 0. The monoisotopic (exact) mass is 510 g/mol. The van der Waals surface area contributed by atoms with E-state index in [0.29, 0.717) is 18.4 Å². The van der Waals surface area contributed by atoms with Gasteiger partial charge >= 0.3 is 17.9 Å². The fourth-order valence-corrected chi connectivity index (χ4v) is 3.77. The van der Waals surface area contributed by atoms with Crippen LogP contribution in [0.15, 0.2) is 48.5 Å². The van der Waals surface area contributed by atoms with Crippen molar-refractivity contribution in [2.45, 2.75) is 90.9 Å². The largest absolute Gasteiger partial charge is 0.426 e. The van der Waals surface area contributed by atoms with E-state index >= 15 is 0 Å². The highest BCUT2D eigenvalue weighted by Crippen LogP contribution is 2.24. The molecule has 0 unspecified atom stereocenters. The Kier molecular flexibility index (Phi) is 13.7. The topological polar surface area (TPSA) is 96.0 Å². The van der Waals surface area contributed by atoms with Gasteiger partial charge < -0.3 is 4.74 Å². The van der Waals surface area contributed by atoms with Crippen molar-refractivity contribution in [2.24, 2.45) is 0 Å². The maximum absolute atomic E-state index is 12.8. The molecule has 0 heterocycles. The molecule has 2 aromatic rings. The first-order valence-corrected chi connectivity index (χ1v) is 13.3. The van der Waals surface area contributed by atoms with E-state index in [1.807, 2.05) is 0 Å². The van der Waals surface area contributed by atoms with Crippen LogP contribution >= 0.6 is 0 Å². The van der Waals surface area contributed by atoms with E-state index in [2.05, 4.69) is 13.8 Å². The van der Waals surface area contributed by atoms with Crippen LogP contribution in [0.3, 0.4) is 0 Å². The van der Waals surface area contributed by atoms with Crippen molar-refractivity contribution in [1.82, 2.24) is 0 Å². The van der Waals surface area contributed by atoms with Crippen LogP contribution < -0.4 is 4.74 Å². The molecule has 0 bridgehead atoms. The minimum atomic E-state index is -1.03. The fourth-order valence-electron chi connectivity index (χ4n) is 3.77. The van der Waals surface area contributed by atoms with Gasteiger partial charge in [-0.2, -0.15) is 0 Å². The number of rotatable bonds is 16. The molecule has 0 atom stereocenters. The standard InChI is InChI=1S/C30H38O7/c1-3-5-7-9-14-18-26(31)24-20-21-27(35-28(32)19-15-10-8-6-4-2)25(22-24)30(34)37-36-29(33)23-16-12-11-13-17-23/h11-13,16-17,20-22H,3-10,14-15,18-19H2,1-2H3. The number of hydrogen-bond donors (Lipinski definition) is 0. The molecule has 0 fully saturated rings. The van der Waals surface area contributed by atoms with Gasteiger partial charge in [-0.1, -0.05) is 83.4 Å². The summed E-state index contributed by atoms with van der Waals surface area (Å²) in [4.78, 5) is 59.6. The molecule has 0 aliphatic carbocycles. The Labute approximate surface area is 219 Å². The lowest BCUT2D eigenvalue weighted by molar-refractivity contribution is -0.187. The van der Waals surface area contributed by atoms with Crippen molar-refractivity contribution >= 4 is 23.7 Å². The van der Waals surface area contributed by atoms with Gasteiger partial charge in [0.2, 0.25) is 0 Å². The summed E-state index contributed by atoms with van der Waals surface area (Å²) in [5, 5.41) is 0. The van der Waals surface area contributed by atoms with Crippen LogP contribution in [0.5, 0.6) is 5.75 Å². The minimum Gasteiger partial charge on any atom is -0.426 e. The van der Waals surface area contributed by atoms with Crippen molar-refractivity contribution in [3.8, 4) is 5.75 Å². The molecule has 200 valence electrons. The van der Waals surface area contributed by atoms with Crippen LogP contribution in [-0.2, 0) is 14.6 Å². The molecule has 0 aliphatic heterocycles. The average molecular weight is 511 g/mol. The maximum atomic E-state index is 12.8. The first-order valence-electron chi connectivity index (χ1n) is 13.3. The highest BCUT2D eigenvalue weighted by molar-refractivity contribution is 6.01. The van der Waals surface area contributed by atoms with Crippen molar-refractivity contribution in [2.75, 3.05) is 0 Å². The third-order valence-corrected chi connectivity index (χ3v) is 5.94. The van der Waals surface area contributed by atoms with Crippen LogP contribution in [-0.4, -0.2) is 23.7 Å². The lowest BCUT2D eigenvalue weighted by Crippen LogP contribution is -2.16. The van der Waals surface area contributed by atoms with Gasteiger partial charge in [0.25, 0.3) is 0 Å². The van der Waals surface area contributed by atoms with E-state index in [-0.39, 0.29) is 29.1 Å². The number of ether oxygens (including phenoxy) is 1. The van der Waals surface area contributed by atoms with Gasteiger partial charge in [0.1, 0.15) is 11.3 Å². The second-order valence-corrected chi connectivity index (χ2v) is 9.04. The summed E-state index contributed by atoms with van der Waals surface area (Å²) in [6, 6.07) is 12.3. The number of ketones is 1. The Bertz CT molecular complexity index is 1010. The van der Waals surface area contributed by atoms with E-state index in [1.54, 1.807) is 18.2 Å². The highest BCUT2D eigenvalue weighted by atomic mass is 17.2. The number of benzene rings is 2.